The summed E-state index contributed by atoms with van der Waals surface area (Å²) < 4.78 is 5.61. The van der Waals surface area contributed by atoms with E-state index in [1.165, 1.54) is 12.3 Å². The molecule has 0 aliphatic carbocycles. The molecule has 0 atom stereocenters. The molecule has 0 unspecified atom stereocenters. The number of hydrogen-bond acceptors (Lipinski definition) is 4. The Balaban J connectivity index is 2.01. The summed E-state index contributed by atoms with van der Waals surface area (Å²) in [6.45, 7) is 7.08. The van der Waals surface area contributed by atoms with E-state index in [2.05, 4.69) is 18.7 Å². The maximum atomic E-state index is 11.0. The summed E-state index contributed by atoms with van der Waals surface area (Å²) in [5, 5.41) is 9.04. The Morgan fingerprint density at radius 1 is 1.56 bits per heavy atom. The SMILES string of the molecule is CC1(C)CCN(Cc2occc2C(=O)O)CCS1. The van der Waals surface area contributed by atoms with Gasteiger partial charge in [0.1, 0.15) is 11.3 Å². The zero-order chi connectivity index (χ0) is 13.2. The van der Waals surface area contributed by atoms with Crippen molar-refractivity contribution >= 4 is 17.7 Å². The molecule has 1 aromatic rings. The first-order valence-corrected chi connectivity index (χ1v) is 7.12. The molecule has 0 aromatic carbocycles. The molecule has 1 saturated heterocycles. The van der Waals surface area contributed by atoms with Crippen molar-refractivity contribution in [3.05, 3.63) is 23.7 Å². The smallest absolute Gasteiger partial charge is 0.339 e. The largest absolute Gasteiger partial charge is 0.478 e. The number of furan rings is 1. The second kappa shape index (κ2) is 5.36. The normalized spacial score (nSPS) is 20.6. The van der Waals surface area contributed by atoms with Crippen molar-refractivity contribution in [3.63, 3.8) is 0 Å². The molecule has 5 heteroatoms. The highest BCUT2D eigenvalue weighted by Gasteiger charge is 2.25. The Kier molecular flexibility index (Phi) is 4.02. The molecule has 4 nitrogen and oxygen atoms in total. The Morgan fingerprint density at radius 3 is 3.06 bits per heavy atom. The third-order valence-corrected chi connectivity index (χ3v) is 4.65. The number of nitrogens with zero attached hydrogens (tertiary/aromatic N) is 1. The van der Waals surface area contributed by atoms with Crippen LogP contribution in [-0.4, -0.2) is 39.6 Å². The Labute approximate surface area is 111 Å². The third-order valence-electron chi connectivity index (χ3n) is 3.27. The molecule has 0 bridgehead atoms. The van der Waals surface area contributed by atoms with Crippen LogP contribution >= 0.6 is 11.8 Å². The predicted molar refractivity (Wildman–Crippen MR) is 72.1 cm³/mol. The lowest BCUT2D eigenvalue weighted by atomic mass is 10.1. The number of rotatable bonds is 3. The van der Waals surface area contributed by atoms with Gasteiger partial charge in [0.15, 0.2) is 0 Å². The Hall–Kier alpha value is -0.940. The number of hydrogen-bond donors (Lipinski definition) is 1. The molecule has 0 radical (unpaired) electrons. The van der Waals surface area contributed by atoms with Gasteiger partial charge < -0.3 is 9.52 Å². The quantitative estimate of drug-likeness (QED) is 0.914. The number of carboxylic acids is 1. The van der Waals surface area contributed by atoms with Crippen molar-refractivity contribution < 1.29 is 14.3 Å². The molecule has 100 valence electrons. The van der Waals surface area contributed by atoms with Crippen LogP contribution in [0.4, 0.5) is 0 Å². The molecule has 2 heterocycles. The maximum Gasteiger partial charge on any atom is 0.339 e. The topological polar surface area (TPSA) is 53.7 Å². The molecule has 1 N–H and O–H groups in total. The highest BCUT2D eigenvalue weighted by Crippen LogP contribution is 2.31. The van der Waals surface area contributed by atoms with Gasteiger partial charge in [-0.05, 0) is 19.0 Å². The van der Waals surface area contributed by atoms with Crippen LogP contribution < -0.4 is 0 Å². The highest BCUT2D eigenvalue weighted by molar-refractivity contribution is 8.00. The molecule has 0 amide bonds. The average molecular weight is 269 g/mol. The van der Waals surface area contributed by atoms with Gasteiger partial charge >= 0.3 is 5.97 Å². The second-order valence-corrected chi connectivity index (χ2v) is 7.00. The summed E-state index contributed by atoms with van der Waals surface area (Å²) in [6.07, 6.45) is 2.57. The first kappa shape index (κ1) is 13.5. The van der Waals surface area contributed by atoms with Gasteiger partial charge in [-0.25, -0.2) is 4.79 Å². The van der Waals surface area contributed by atoms with E-state index in [4.69, 9.17) is 9.52 Å². The van der Waals surface area contributed by atoms with Crippen LogP contribution in [0.3, 0.4) is 0 Å². The van der Waals surface area contributed by atoms with Gasteiger partial charge in [0.25, 0.3) is 0 Å². The van der Waals surface area contributed by atoms with E-state index >= 15 is 0 Å². The molecule has 1 aliphatic heterocycles. The molecule has 1 fully saturated rings. The minimum absolute atomic E-state index is 0.283. The molecule has 1 aliphatic rings. The number of thioether (sulfide) groups is 1. The van der Waals surface area contributed by atoms with E-state index < -0.39 is 5.97 Å². The van der Waals surface area contributed by atoms with Gasteiger partial charge in [-0.15, -0.1) is 0 Å². The minimum Gasteiger partial charge on any atom is -0.478 e. The fourth-order valence-electron chi connectivity index (χ4n) is 2.08. The molecule has 0 saturated carbocycles. The maximum absolute atomic E-state index is 11.0. The molecule has 0 spiro atoms. The lowest BCUT2D eigenvalue weighted by Gasteiger charge is -2.22. The van der Waals surface area contributed by atoms with Crippen LogP contribution in [-0.2, 0) is 6.54 Å². The van der Waals surface area contributed by atoms with E-state index in [1.807, 2.05) is 11.8 Å². The van der Waals surface area contributed by atoms with Crippen molar-refractivity contribution in [2.45, 2.75) is 31.6 Å². The lowest BCUT2D eigenvalue weighted by Crippen LogP contribution is -2.27. The number of carbonyl (C=O) groups is 1. The summed E-state index contributed by atoms with van der Waals surface area (Å²) in [6, 6.07) is 1.52. The predicted octanol–water partition coefficient (Wildman–Crippen LogP) is 2.70. The lowest BCUT2D eigenvalue weighted by molar-refractivity contribution is 0.0692. The fourth-order valence-corrected chi connectivity index (χ4v) is 3.21. The van der Waals surface area contributed by atoms with Crippen molar-refractivity contribution in [1.29, 1.82) is 0 Å². The van der Waals surface area contributed by atoms with Gasteiger partial charge in [0, 0.05) is 17.0 Å². The first-order valence-electron chi connectivity index (χ1n) is 6.14. The van der Waals surface area contributed by atoms with Gasteiger partial charge in [-0.3, -0.25) is 4.90 Å². The zero-order valence-electron chi connectivity index (χ0n) is 10.8. The molecule has 18 heavy (non-hydrogen) atoms. The van der Waals surface area contributed by atoms with Crippen molar-refractivity contribution in [3.8, 4) is 0 Å². The second-order valence-electron chi connectivity index (χ2n) is 5.20. The Bertz CT molecular complexity index is 428. The van der Waals surface area contributed by atoms with E-state index in [0.717, 1.165) is 25.3 Å². The van der Waals surface area contributed by atoms with Crippen LogP contribution in [0.1, 0.15) is 36.4 Å². The molecular weight excluding hydrogens is 250 g/mol. The molecule has 1 aromatic heterocycles. The van der Waals surface area contributed by atoms with E-state index in [-0.39, 0.29) is 5.56 Å². The monoisotopic (exact) mass is 269 g/mol. The first-order chi connectivity index (χ1) is 8.48. The van der Waals surface area contributed by atoms with Crippen molar-refractivity contribution in [1.82, 2.24) is 4.90 Å². The van der Waals surface area contributed by atoms with Crippen molar-refractivity contribution in [2.24, 2.45) is 0 Å². The minimum atomic E-state index is -0.914. The standard InChI is InChI=1S/C13H19NO3S/c1-13(2)4-5-14(6-8-18-13)9-11-10(12(15)16)3-7-17-11/h3,7H,4-6,8-9H2,1-2H3,(H,15,16). The third kappa shape index (κ3) is 3.29. The van der Waals surface area contributed by atoms with E-state index in [0.29, 0.717) is 17.1 Å². The summed E-state index contributed by atoms with van der Waals surface area (Å²) in [4.78, 5) is 13.3. The number of aromatic carboxylic acids is 1. The number of carboxylic acid groups (broad SMARTS) is 1. The fraction of sp³-hybridized carbons (Fsp3) is 0.615. The van der Waals surface area contributed by atoms with Gasteiger partial charge in [0.05, 0.1) is 12.8 Å². The van der Waals surface area contributed by atoms with Crippen LogP contribution in [0, 0.1) is 0 Å². The summed E-state index contributed by atoms with van der Waals surface area (Å²) in [7, 11) is 0. The highest BCUT2D eigenvalue weighted by atomic mass is 32.2. The van der Waals surface area contributed by atoms with Crippen LogP contribution in [0.15, 0.2) is 16.7 Å². The van der Waals surface area contributed by atoms with Crippen molar-refractivity contribution in [2.75, 3.05) is 18.8 Å². The zero-order valence-corrected chi connectivity index (χ0v) is 11.6. The summed E-state index contributed by atoms with van der Waals surface area (Å²) >= 11 is 1.98. The van der Waals surface area contributed by atoms with E-state index in [9.17, 15) is 4.79 Å². The summed E-state index contributed by atoms with van der Waals surface area (Å²) in [5.41, 5.74) is 0.283. The molecular formula is C13H19NO3S. The van der Waals surface area contributed by atoms with E-state index in [1.54, 1.807) is 0 Å². The van der Waals surface area contributed by atoms with Gasteiger partial charge in [0.2, 0.25) is 0 Å². The molecule has 2 rings (SSSR count). The van der Waals surface area contributed by atoms with Gasteiger partial charge in [-0.2, -0.15) is 11.8 Å². The average Bonchev–Trinajstić information content (AvgIpc) is 2.66. The van der Waals surface area contributed by atoms with Crippen LogP contribution in [0.25, 0.3) is 0 Å². The van der Waals surface area contributed by atoms with Gasteiger partial charge in [-0.1, -0.05) is 13.8 Å². The Morgan fingerprint density at radius 2 is 2.33 bits per heavy atom. The van der Waals surface area contributed by atoms with Crippen LogP contribution in [0.5, 0.6) is 0 Å². The summed E-state index contributed by atoms with van der Waals surface area (Å²) in [5.74, 6) is 0.728. The van der Waals surface area contributed by atoms with Crippen LogP contribution in [0.2, 0.25) is 0 Å².